The number of hydrogen-bond donors (Lipinski definition) is 1. The van der Waals surface area contributed by atoms with E-state index < -0.39 is 0 Å². The quantitative estimate of drug-likeness (QED) is 0.640. The average molecular weight is 261 g/mol. The summed E-state index contributed by atoms with van der Waals surface area (Å²) in [5, 5.41) is 4.41. The highest BCUT2D eigenvalue weighted by atomic mass is 32.2. The summed E-state index contributed by atoms with van der Waals surface area (Å²) in [4.78, 5) is 8.06. The maximum absolute atomic E-state index is 5.76. The predicted octanol–water partition coefficient (Wildman–Crippen LogP) is 2.61. The van der Waals surface area contributed by atoms with E-state index in [1.807, 2.05) is 18.2 Å². The molecule has 1 aliphatic carbocycles. The van der Waals surface area contributed by atoms with Crippen molar-refractivity contribution in [2.45, 2.75) is 36.2 Å². The van der Waals surface area contributed by atoms with E-state index in [2.05, 4.69) is 15.3 Å². The first-order valence-corrected chi connectivity index (χ1v) is 7.08. The predicted molar refractivity (Wildman–Crippen MR) is 70.2 cm³/mol. The number of nitrogens with zero attached hydrogens (tertiary/aromatic N) is 2. The topological polar surface area (TPSA) is 51.0 Å². The van der Waals surface area contributed by atoms with Crippen LogP contribution in [0.3, 0.4) is 0 Å². The highest BCUT2D eigenvalue weighted by Gasteiger charge is 2.20. The van der Waals surface area contributed by atoms with E-state index >= 15 is 0 Å². The fourth-order valence-corrected chi connectivity index (χ4v) is 2.36. The average Bonchev–Trinajstić information content (AvgIpc) is 3.14. The lowest BCUT2D eigenvalue weighted by Crippen LogP contribution is -2.14. The molecule has 5 heteroatoms. The van der Waals surface area contributed by atoms with Gasteiger partial charge in [0.1, 0.15) is 17.8 Å². The third-order valence-corrected chi connectivity index (χ3v) is 3.74. The van der Waals surface area contributed by atoms with Gasteiger partial charge in [-0.25, -0.2) is 9.97 Å². The standard InChI is InChI=1S/C13H15N3OS/c1-2-10(1)15-7-11-3-4-12(17-11)8-18-13-5-6-14-9-16-13/h3-6,9-10,15H,1-2,7-8H2. The molecule has 0 saturated heterocycles. The smallest absolute Gasteiger partial charge is 0.118 e. The van der Waals surface area contributed by atoms with E-state index in [1.54, 1.807) is 24.3 Å². The van der Waals surface area contributed by atoms with Crippen LogP contribution in [-0.2, 0) is 12.3 Å². The Morgan fingerprint density at radius 1 is 1.28 bits per heavy atom. The van der Waals surface area contributed by atoms with Gasteiger partial charge in [0.2, 0.25) is 0 Å². The van der Waals surface area contributed by atoms with Gasteiger partial charge < -0.3 is 9.73 Å². The van der Waals surface area contributed by atoms with Gasteiger partial charge in [-0.2, -0.15) is 0 Å². The van der Waals surface area contributed by atoms with Gasteiger partial charge in [-0.1, -0.05) is 11.8 Å². The molecular weight excluding hydrogens is 246 g/mol. The van der Waals surface area contributed by atoms with Crippen molar-refractivity contribution in [2.24, 2.45) is 0 Å². The van der Waals surface area contributed by atoms with Crippen LogP contribution in [-0.4, -0.2) is 16.0 Å². The maximum Gasteiger partial charge on any atom is 0.118 e. The summed E-state index contributed by atoms with van der Waals surface area (Å²) < 4.78 is 5.76. The van der Waals surface area contributed by atoms with Gasteiger partial charge in [-0.15, -0.1) is 0 Å². The van der Waals surface area contributed by atoms with E-state index in [0.29, 0.717) is 6.04 Å². The van der Waals surface area contributed by atoms with Crippen LogP contribution in [0.2, 0.25) is 0 Å². The lowest BCUT2D eigenvalue weighted by molar-refractivity contribution is 0.458. The Balaban J connectivity index is 1.50. The number of furan rings is 1. The van der Waals surface area contributed by atoms with Gasteiger partial charge in [-0.3, -0.25) is 0 Å². The summed E-state index contributed by atoms with van der Waals surface area (Å²) in [6.45, 7) is 0.836. The van der Waals surface area contributed by atoms with Crippen molar-refractivity contribution in [1.29, 1.82) is 0 Å². The normalized spacial score (nSPS) is 14.9. The van der Waals surface area contributed by atoms with E-state index in [-0.39, 0.29) is 0 Å². The Morgan fingerprint density at radius 3 is 2.94 bits per heavy atom. The first kappa shape index (κ1) is 11.7. The molecule has 0 aromatic carbocycles. The Bertz CT molecular complexity index is 496. The number of thioether (sulfide) groups is 1. The molecule has 0 unspecified atom stereocenters. The molecule has 2 aromatic rings. The third-order valence-electron chi connectivity index (χ3n) is 2.78. The minimum absolute atomic E-state index is 0.717. The van der Waals surface area contributed by atoms with Gasteiger partial charge in [0, 0.05) is 12.2 Å². The number of nitrogens with one attached hydrogen (secondary N) is 1. The summed E-state index contributed by atoms with van der Waals surface area (Å²) in [6, 6.07) is 6.71. The zero-order chi connectivity index (χ0) is 12.2. The Hall–Kier alpha value is -1.33. The molecule has 1 saturated carbocycles. The zero-order valence-corrected chi connectivity index (χ0v) is 10.8. The molecule has 18 heavy (non-hydrogen) atoms. The summed E-state index contributed by atoms with van der Waals surface area (Å²) in [6.07, 6.45) is 5.92. The lowest BCUT2D eigenvalue weighted by atomic mass is 10.4. The van der Waals surface area contributed by atoms with Crippen molar-refractivity contribution in [1.82, 2.24) is 15.3 Å². The highest BCUT2D eigenvalue weighted by molar-refractivity contribution is 7.98. The molecule has 1 aliphatic rings. The van der Waals surface area contributed by atoms with Crippen molar-refractivity contribution in [2.75, 3.05) is 0 Å². The van der Waals surface area contributed by atoms with Gasteiger partial charge in [-0.05, 0) is 31.0 Å². The van der Waals surface area contributed by atoms with E-state index in [9.17, 15) is 0 Å². The Kier molecular flexibility index (Phi) is 3.61. The Morgan fingerprint density at radius 2 is 2.17 bits per heavy atom. The number of rotatable bonds is 6. The largest absolute Gasteiger partial charge is 0.464 e. The van der Waals surface area contributed by atoms with E-state index in [1.165, 1.54) is 12.8 Å². The van der Waals surface area contributed by atoms with Crippen LogP contribution in [0.15, 0.2) is 40.2 Å². The third kappa shape index (κ3) is 3.34. The van der Waals surface area contributed by atoms with Gasteiger partial charge >= 0.3 is 0 Å². The van der Waals surface area contributed by atoms with Crippen LogP contribution in [0.25, 0.3) is 0 Å². The molecule has 0 aliphatic heterocycles. The summed E-state index contributed by atoms with van der Waals surface area (Å²) in [5.41, 5.74) is 0. The van der Waals surface area contributed by atoms with Crippen molar-refractivity contribution in [3.63, 3.8) is 0 Å². The summed E-state index contributed by atoms with van der Waals surface area (Å²) >= 11 is 1.66. The minimum atomic E-state index is 0.717. The van der Waals surface area contributed by atoms with E-state index in [0.717, 1.165) is 28.8 Å². The summed E-state index contributed by atoms with van der Waals surface area (Å²) in [7, 11) is 0. The zero-order valence-electron chi connectivity index (χ0n) is 10.0. The molecule has 0 spiro atoms. The monoisotopic (exact) mass is 261 g/mol. The van der Waals surface area contributed by atoms with Crippen LogP contribution in [0, 0.1) is 0 Å². The fraction of sp³-hybridized carbons (Fsp3) is 0.385. The fourth-order valence-electron chi connectivity index (χ4n) is 1.64. The molecular formula is C13H15N3OS. The molecule has 0 radical (unpaired) electrons. The molecule has 1 fully saturated rings. The molecule has 2 heterocycles. The highest BCUT2D eigenvalue weighted by Crippen LogP contribution is 2.22. The van der Waals surface area contributed by atoms with Crippen molar-refractivity contribution >= 4 is 11.8 Å². The van der Waals surface area contributed by atoms with Gasteiger partial charge in [0.05, 0.1) is 17.3 Å². The molecule has 0 amide bonds. The first-order valence-electron chi connectivity index (χ1n) is 6.10. The van der Waals surface area contributed by atoms with Crippen molar-refractivity contribution < 1.29 is 4.42 Å². The Labute approximate surface area is 110 Å². The molecule has 0 bridgehead atoms. The molecule has 0 atom stereocenters. The number of aromatic nitrogens is 2. The molecule has 94 valence electrons. The van der Waals surface area contributed by atoms with Crippen molar-refractivity contribution in [3.8, 4) is 0 Å². The maximum atomic E-state index is 5.76. The minimum Gasteiger partial charge on any atom is -0.464 e. The number of hydrogen-bond acceptors (Lipinski definition) is 5. The second-order valence-electron chi connectivity index (χ2n) is 4.36. The van der Waals surface area contributed by atoms with Crippen LogP contribution in [0.5, 0.6) is 0 Å². The molecule has 4 nitrogen and oxygen atoms in total. The van der Waals surface area contributed by atoms with Gasteiger partial charge in [0.15, 0.2) is 0 Å². The van der Waals surface area contributed by atoms with Crippen LogP contribution in [0.1, 0.15) is 24.4 Å². The summed E-state index contributed by atoms with van der Waals surface area (Å²) in [5.74, 6) is 2.81. The molecule has 2 aromatic heterocycles. The van der Waals surface area contributed by atoms with Crippen LogP contribution in [0.4, 0.5) is 0 Å². The van der Waals surface area contributed by atoms with Crippen LogP contribution < -0.4 is 5.32 Å². The van der Waals surface area contributed by atoms with Crippen molar-refractivity contribution in [3.05, 3.63) is 42.2 Å². The first-order chi connectivity index (χ1) is 8.90. The van der Waals surface area contributed by atoms with Crippen LogP contribution >= 0.6 is 11.8 Å². The molecule has 1 N–H and O–H groups in total. The van der Waals surface area contributed by atoms with Gasteiger partial charge in [0.25, 0.3) is 0 Å². The lowest BCUT2D eigenvalue weighted by Gasteiger charge is -1.99. The SMILES string of the molecule is c1cc(SCc2ccc(CNC3CC3)o2)ncn1. The van der Waals surface area contributed by atoms with E-state index in [4.69, 9.17) is 4.42 Å². The second-order valence-corrected chi connectivity index (χ2v) is 5.36. The second kappa shape index (κ2) is 5.54. The molecule has 3 rings (SSSR count).